The minimum atomic E-state index is -0.706. The van der Waals surface area contributed by atoms with Crippen molar-refractivity contribution in [3.05, 3.63) is 64.0 Å². The lowest BCUT2D eigenvalue weighted by Crippen LogP contribution is -2.09. The van der Waals surface area contributed by atoms with Crippen LogP contribution in [0.5, 0.6) is 0 Å². The summed E-state index contributed by atoms with van der Waals surface area (Å²) in [5.74, 6) is -1.29. The number of carbonyl (C=O) groups excluding carboxylic acids is 1. The Hall–Kier alpha value is -2.36. The van der Waals surface area contributed by atoms with Crippen LogP contribution in [0, 0.1) is 26.6 Å². The van der Waals surface area contributed by atoms with Crippen LogP contribution in [0.25, 0.3) is 0 Å². The number of benzene rings is 2. The number of nitrogens with two attached hydrogens (primary N) is 1. The molecule has 0 spiro atoms. The largest absolute Gasteiger partial charge is 0.457 e. The van der Waals surface area contributed by atoms with E-state index in [1.807, 2.05) is 32.0 Å². The molecule has 2 rings (SSSR count). The van der Waals surface area contributed by atoms with Crippen LogP contribution in [0.1, 0.15) is 32.6 Å². The number of hydrogen-bond donors (Lipinski definition) is 1. The number of nitrogen functional groups attached to an aromatic ring is 1. The molecule has 0 aromatic heterocycles. The molecule has 0 radical (unpaired) electrons. The van der Waals surface area contributed by atoms with Crippen LogP contribution >= 0.6 is 0 Å². The second-order valence-electron chi connectivity index (χ2n) is 5.27. The zero-order valence-corrected chi connectivity index (χ0v) is 12.4. The van der Waals surface area contributed by atoms with Crippen molar-refractivity contribution in [1.82, 2.24) is 0 Å². The molecule has 0 aliphatic heterocycles. The summed E-state index contributed by atoms with van der Waals surface area (Å²) >= 11 is 0. The maximum Gasteiger partial charge on any atom is 0.341 e. The van der Waals surface area contributed by atoms with Crippen molar-refractivity contribution in [2.45, 2.75) is 27.4 Å². The van der Waals surface area contributed by atoms with Gasteiger partial charge in [0.25, 0.3) is 0 Å². The summed E-state index contributed by atoms with van der Waals surface area (Å²) < 4.78 is 19.1. The fourth-order valence-corrected chi connectivity index (χ4v) is 2.32. The SMILES string of the molecule is Cc1cc(C)cc(COC(=O)c2cc(N)cc(C)c2F)c1. The van der Waals surface area contributed by atoms with Crippen molar-refractivity contribution in [3.63, 3.8) is 0 Å². The van der Waals surface area contributed by atoms with Gasteiger partial charge in [0.1, 0.15) is 12.4 Å². The molecular formula is C17H18FNO2. The van der Waals surface area contributed by atoms with Crippen molar-refractivity contribution in [2.24, 2.45) is 0 Å². The normalized spacial score (nSPS) is 10.5. The summed E-state index contributed by atoms with van der Waals surface area (Å²) in [6, 6.07) is 8.68. The lowest BCUT2D eigenvalue weighted by Gasteiger charge is -2.09. The summed E-state index contributed by atoms with van der Waals surface area (Å²) in [4.78, 5) is 12.0. The molecule has 0 atom stereocenters. The number of halogens is 1. The van der Waals surface area contributed by atoms with Crippen LogP contribution in [0.3, 0.4) is 0 Å². The Labute approximate surface area is 123 Å². The van der Waals surface area contributed by atoms with E-state index in [1.165, 1.54) is 12.1 Å². The summed E-state index contributed by atoms with van der Waals surface area (Å²) in [5, 5.41) is 0. The first-order chi connectivity index (χ1) is 9.86. The molecule has 0 amide bonds. The molecule has 0 aliphatic carbocycles. The van der Waals surface area contributed by atoms with Crippen molar-refractivity contribution in [3.8, 4) is 0 Å². The van der Waals surface area contributed by atoms with Gasteiger partial charge in [0.05, 0.1) is 5.56 Å². The molecule has 2 aromatic carbocycles. The summed E-state index contributed by atoms with van der Waals surface area (Å²) in [6.45, 7) is 5.61. The van der Waals surface area contributed by atoms with Gasteiger partial charge in [-0.25, -0.2) is 9.18 Å². The van der Waals surface area contributed by atoms with Gasteiger partial charge in [-0.05, 0) is 44.0 Å². The molecule has 4 heteroatoms. The average molecular weight is 287 g/mol. The predicted molar refractivity (Wildman–Crippen MR) is 80.6 cm³/mol. The first-order valence-corrected chi connectivity index (χ1v) is 6.66. The monoisotopic (exact) mass is 287 g/mol. The van der Waals surface area contributed by atoms with Crippen molar-refractivity contribution >= 4 is 11.7 Å². The minimum Gasteiger partial charge on any atom is -0.457 e. The van der Waals surface area contributed by atoms with Gasteiger partial charge < -0.3 is 10.5 Å². The first-order valence-electron chi connectivity index (χ1n) is 6.66. The van der Waals surface area contributed by atoms with E-state index in [0.29, 0.717) is 11.3 Å². The van der Waals surface area contributed by atoms with Gasteiger partial charge in [0.2, 0.25) is 0 Å². The topological polar surface area (TPSA) is 52.3 Å². The van der Waals surface area contributed by atoms with Crippen LogP contribution in [-0.2, 0) is 11.3 Å². The number of ether oxygens (including phenoxy) is 1. The Morgan fingerprint density at radius 2 is 1.71 bits per heavy atom. The van der Waals surface area contributed by atoms with Crippen LogP contribution in [0.15, 0.2) is 30.3 Å². The summed E-state index contributed by atoms with van der Waals surface area (Å²) in [6.07, 6.45) is 0. The third-order valence-electron chi connectivity index (χ3n) is 3.15. The van der Waals surface area contributed by atoms with Crippen LogP contribution in [0.2, 0.25) is 0 Å². The third-order valence-corrected chi connectivity index (χ3v) is 3.15. The number of anilines is 1. The first kappa shape index (κ1) is 15.0. The molecule has 0 unspecified atom stereocenters. The quantitative estimate of drug-likeness (QED) is 0.692. The van der Waals surface area contributed by atoms with E-state index < -0.39 is 11.8 Å². The van der Waals surface area contributed by atoms with E-state index in [9.17, 15) is 9.18 Å². The Balaban J connectivity index is 2.15. The zero-order chi connectivity index (χ0) is 15.6. The highest BCUT2D eigenvalue weighted by molar-refractivity contribution is 5.91. The highest BCUT2D eigenvalue weighted by atomic mass is 19.1. The Morgan fingerprint density at radius 1 is 1.10 bits per heavy atom. The van der Waals surface area contributed by atoms with E-state index in [0.717, 1.165) is 16.7 Å². The lowest BCUT2D eigenvalue weighted by atomic mass is 10.1. The van der Waals surface area contributed by atoms with Crippen LogP contribution in [-0.4, -0.2) is 5.97 Å². The van der Waals surface area contributed by atoms with Crippen LogP contribution < -0.4 is 5.73 Å². The summed E-state index contributed by atoms with van der Waals surface area (Å²) in [5.41, 5.74) is 9.23. The number of hydrogen-bond acceptors (Lipinski definition) is 3. The maximum atomic E-state index is 13.9. The van der Waals surface area contributed by atoms with Gasteiger partial charge in [-0.1, -0.05) is 29.3 Å². The molecule has 2 N–H and O–H groups in total. The van der Waals surface area contributed by atoms with E-state index in [4.69, 9.17) is 10.5 Å². The Morgan fingerprint density at radius 3 is 2.33 bits per heavy atom. The molecular weight excluding hydrogens is 269 g/mol. The fourth-order valence-electron chi connectivity index (χ4n) is 2.32. The predicted octanol–water partition coefficient (Wildman–Crippen LogP) is 3.69. The van der Waals surface area contributed by atoms with E-state index >= 15 is 0 Å². The van der Waals surface area contributed by atoms with E-state index in [1.54, 1.807) is 6.92 Å². The molecule has 21 heavy (non-hydrogen) atoms. The Bertz CT molecular complexity index is 675. The highest BCUT2D eigenvalue weighted by Crippen LogP contribution is 2.19. The molecule has 3 nitrogen and oxygen atoms in total. The highest BCUT2D eigenvalue weighted by Gasteiger charge is 2.16. The van der Waals surface area contributed by atoms with Gasteiger partial charge in [0.15, 0.2) is 0 Å². The second kappa shape index (κ2) is 5.95. The molecule has 2 aromatic rings. The smallest absolute Gasteiger partial charge is 0.341 e. The van der Waals surface area contributed by atoms with Gasteiger partial charge >= 0.3 is 5.97 Å². The lowest BCUT2D eigenvalue weighted by molar-refractivity contribution is 0.0467. The third kappa shape index (κ3) is 3.60. The van der Waals surface area contributed by atoms with Gasteiger partial charge in [0, 0.05) is 5.69 Å². The van der Waals surface area contributed by atoms with Crippen molar-refractivity contribution in [1.29, 1.82) is 0 Å². The fraction of sp³-hybridized carbons (Fsp3) is 0.235. The molecule has 0 saturated heterocycles. The molecule has 0 heterocycles. The van der Waals surface area contributed by atoms with Crippen LogP contribution in [0.4, 0.5) is 10.1 Å². The van der Waals surface area contributed by atoms with Crippen molar-refractivity contribution < 1.29 is 13.9 Å². The Kier molecular flexibility index (Phi) is 4.26. The number of aryl methyl sites for hydroxylation is 3. The zero-order valence-electron chi connectivity index (χ0n) is 12.4. The van der Waals surface area contributed by atoms with Gasteiger partial charge in [-0.3, -0.25) is 0 Å². The minimum absolute atomic E-state index is 0.106. The average Bonchev–Trinajstić information content (AvgIpc) is 2.39. The number of carbonyl (C=O) groups is 1. The standard InChI is InChI=1S/C17H18FNO2/c1-10-4-11(2)6-13(5-10)9-21-17(20)15-8-14(19)7-12(3)16(15)18/h4-8H,9,19H2,1-3H3. The van der Waals surface area contributed by atoms with Gasteiger partial charge in [-0.15, -0.1) is 0 Å². The van der Waals surface area contributed by atoms with Crippen molar-refractivity contribution in [2.75, 3.05) is 5.73 Å². The molecule has 0 saturated carbocycles. The second-order valence-corrected chi connectivity index (χ2v) is 5.27. The van der Waals surface area contributed by atoms with Gasteiger partial charge in [-0.2, -0.15) is 0 Å². The number of esters is 1. The summed E-state index contributed by atoms with van der Waals surface area (Å²) in [7, 11) is 0. The van der Waals surface area contributed by atoms with E-state index in [2.05, 4.69) is 0 Å². The number of rotatable bonds is 3. The molecule has 0 fully saturated rings. The van der Waals surface area contributed by atoms with E-state index in [-0.39, 0.29) is 12.2 Å². The maximum absolute atomic E-state index is 13.9. The molecule has 110 valence electrons. The molecule has 0 aliphatic rings. The molecule has 0 bridgehead atoms.